The molecule has 1 nitrogen and oxygen atoms in total. The molecule has 3 heteroatoms. The molecule has 0 saturated carbocycles. The Morgan fingerprint density at radius 3 is 2.33 bits per heavy atom. The van der Waals surface area contributed by atoms with E-state index in [2.05, 4.69) is 45.3 Å². The van der Waals surface area contributed by atoms with Crippen molar-refractivity contribution in [3.05, 3.63) is 12.7 Å². The maximum Gasteiger partial charge on any atom is 0.216 e. The third-order valence-electron chi connectivity index (χ3n) is 0.921. The van der Waals surface area contributed by atoms with E-state index in [0.717, 1.165) is 6.42 Å². The Hall–Kier alpha value is -0.0200. The van der Waals surface area contributed by atoms with Crippen LogP contribution in [0.5, 0.6) is 0 Å². The summed E-state index contributed by atoms with van der Waals surface area (Å²) in [5, 5.41) is 0. The zero-order chi connectivity index (χ0) is 9.98. The monoisotopic (exact) mass is 206 g/mol. The summed E-state index contributed by atoms with van der Waals surface area (Å²) in [5.74, 6) is 0.674. The number of allylic oxidation sites excluding steroid dienone is 1. The van der Waals surface area contributed by atoms with Crippen LogP contribution in [0, 0.1) is 5.92 Å². The number of thiol groups is 1. The molecule has 0 unspecified atom stereocenters. The topological polar surface area (TPSA) is 9.23 Å². The third kappa shape index (κ3) is 22.5. The van der Waals surface area contributed by atoms with Crippen molar-refractivity contribution >= 4 is 29.2 Å². The smallest absolute Gasteiger partial charge is 0.216 e. The molecule has 0 radical (unpaired) electrons. The maximum absolute atomic E-state index is 4.95. The van der Waals surface area contributed by atoms with E-state index >= 15 is 0 Å². The van der Waals surface area contributed by atoms with E-state index in [-0.39, 0.29) is 0 Å². The van der Waals surface area contributed by atoms with Gasteiger partial charge in [0.1, 0.15) is 0 Å². The summed E-state index contributed by atoms with van der Waals surface area (Å²) in [6, 6.07) is 0. The van der Waals surface area contributed by atoms with Gasteiger partial charge in [-0.3, -0.25) is 0 Å². The van der Waals surface area contributed by atoms with Gasteiger partial charge in [-0.15, -0.1) is 6.58 Å². The highest BCUT2D eigenvalue weighted by molar-refractivity contribution is 8.10. The standard InChI is InChI=1S/C6H12OS2.C3H6/c1-5(2)3-4-7-6(8)9;1-3-2/h5H,3-4H2,1-2H3,(H,8,9);3H,1H2,2H3. The largest absolute Gasteiger partial charge is 0.479 e. The van der Waals surface area contributed by atoms with Crippen LogP contribution in [0.25, 0.3) is 0 Å². The number of thiocarbonyl (C=S) groups is 1. The van der Waals surface area contributed by atoms with Gasteiger partial charge >= 0.3 is 0 Å². The molecule has 0 spiro atoms. The van der Waals surface area contributed by atoms with Gasteiger partial charge in [-0.2, -0.15) is 0 Å². The molecule has 0 fully saturated rings. The molecular formula is C9H18OS2. The minimum absolute atomic E-state index is 0.343. The summed E-state index contributed by atoms with van der Waals surface area (Å²) in [5.41, 5.74) is 0. The first-order valence-electron chi connectivity index (χ1n) is 3.97. The van der Waals surface area contributed by atoms with Gasteiger partial charge < -0.3 is 4.74 Å². The molecule has 0 aromatic heterocycles. The van der Waals surface area contributed by atoms with Crippen molar-refractivity contribution in [3.63, 3.8) is 0 Å². The van der Waals surface area contributed by atoms with E-state index in [1.54, 1.807) is 6.08 Å². The lowest BCUT2D eigenvalue weighted by atomic mass is 10.1. The van der Waals surface area contributed by atoms with Crippen LogP contribution in [0.3, 0.4) is 0 Å². The minimum Gasteiger partial charge on any atom is -0.479 e. The van der Waals surface area contributed by atoms with Crippen LogP contribution in [0.2, 0.25) is 0 Å². The lowest BCUT2D eigenvalue weighted by Gasteiger charge is -2.04. The molecule has 12 heavy (non-hydrogen) atoms. The van der Waals surface area contributed by atoms with Crippen LogP contribution >= 0.6 is 24.8 Å². The molecule has 72 valence electrons. The number of rotatable bonds is 3. The molecule has 0 rings (SSSR count). The molecule has 0 saturated heterocycles. The van der Waals surface area contributed by atoms with E-state index in [9.17, 15) is 0 Å². The molecule has 0 aliphatic carbocycles. The Labute approximate surface area is 86.6 Å². The van der Waals surface area contributed by atoms with Crippen LogP contribution in [-0.4, -0.2) is 11.0 Å². The molecular weight excluding hydrogens is 188 g/mol. The molecule has 0 N–H and O–H groups in total. The first-order chi connectivity index (χ1) is 5.54. The van der Waals surface area contributed by atoms with Crippen LogP contribution in [-0.2, 0) is 4.74 Å². The van der Waals surface area contributed by atoms with Gasteiger partial charge in [0.25, 0.3) is 0 Å². The summed E-state index contributed by atoms with van der Waals surface area (Å²) in [7, 11) is 0. The van der Waals surface area contributed by atoms with Crippen LogP contribution < -0.4 is 0 Å². The van der Waals surface area contributed by atoms with Crippen LogP contribution in [0.1, 0.15) is 27.2 Å². The summed E-state index contributed by atoms with van der Waals surface area (Å²) < 4.78 is 5.29. The fourth-order valence-electron chi connectivity index (χ4n) is 0.382. The van der Waals surface area contributed by atoms with E-state index in [1.807, 2.05) is 6.92 Å². The van der Waals surface area contributed by atoms with Crippen molar-refractivity contribution in [2.24, 2.45) is 5.92 Å². The van der Waals surface area contributed by atoms with Crippen molar-refractivity contribution in [2.75, 3.05) is 6.61 Å². The summed E-state index contributed by atoms with van der Waals surface area (Å²) in [6.07, 6.45) is 2.79. The molecule has 0 aromatic rings. The van der Waals surface area contributed by atoms with Crippen molar-refractivity contribution < 1.29 is 4.74 Å². The second-order valence-electron chi connectivity index (χ2n) is 2.71. The average molecular weight is 206 g/mol. The zero-order valence-electron chi connectivity index (χ0n) is 8.04. The van der Waals surface area contributed by atoms with Crippen molar-refractivity contribution in [3.8, 4) is 0 Å². The van der Waals surface area contributed by atoms with E-state index in [1.165, 1.54) is 0 Å². The summed E-state index contributed by atoms with van der Waals surface area (Å²) >= 11 is 8.40. The van der Waals surface area contributed by atoms with Crippen molar-refractivity contribution in [2.45, 2.75) is 27.2 Å². The fraction of sp³-hybridized carbons (Fsp3) is 0.667. The Morgan fingerprint density at radius 1 is 1.67 bits per heavy atom. The second kappa shape index (κ2) is 11.0. The van der Waals surface area contributed by atoms with Crippen LogP contribution in [0.4, 0.5) is 0 Å². The third-order valence-corrected chi connectivity index (χ3v) is 1.17. The van der Waals surface area contributed by atoms with Gasteiger partial charge in [0.2, 0.25) is 4.38 Å². The van der Waals surface area contributed by atoms with Crippen molar-refractivity contribution in [1.29, 1.82) is 0 Å². The highest BCUT2D eigenvalue weighted by Gasteiger charge is 1.93. The normalized spacial score (nSPS) is 8.42. The molecule has 0 aliphatic heterocycles. The Kier molecular flexibility index (Phi) is 13.3. The minimum atomic E-state index is 0.343. The Morgan fingerprint density at radius 2 is 2.08 bits per heavy atom. The first-order valence-corrected chi connectivity index (χ1v) is 4.82. The van der Waals surface area contributed by atoms with Gasteiger partial charge in [0, 0.05) is 0 Å². The number of ether oxygens (including phenoxy) is 1. The maximum atomic E-state index is 4.95. The van der Waals surface area contributed by atoms with Crippen LogP contribution in [0.15, 0.2) is 12.7 Å². The summed E-state index contributed by atoms with van der Waals surface area (Å²) in [6.45, 7) is 10.2. The first kappa shape index (κ1) is 14.5. The summed E-state index contributed by atoms with van der Waals surface area (Å²) in [4.78, 5) is 0. The van der Waals surface area contributed by atoms with Gasteiger partial charge in [-0.05, 0) is 31.5 Å². The Balaban J connectivity index is 0. The molecule has 0 aromatic carbocycles. The van der Waals surface area contributed by atoms with Gasteiger partial charge in [-0.1, -0.05) is 32.6 Å². The lowest BCUT2D eigenvalue weighted by Crippen LogP contribution is -1.99. The number of hydrogen-bond donors (Lipinski definition) is 1. The van der Waals surface area contributed by atoms with Gasteiger partial charge in [0.15, 0.2) is 0 Å². The molecule has 0 amide bonds. The van der Waals surface area contributed by atoms with Gasteiger partial charge in [0.05, 0.1) is 6.61 Å². The SMILES string of the molecule is C=CC.CC(C)CCOC(=S)S. The Bertz CT molecular complexity index is 122. The lowest BCUT2D eigenvalue weighted by molar-refractivity contribution is 0.292. The van der Waals surface area contributed by atoms with E-state index in [0.29, 0.717) is 16.9 Å². The predicted molar refractivity (Wildman–Crippen MR) is 62.9 cm³/mol. The highest BCUT2D eigenvalue weighted by atomic mass is 32.1. The number of hydrogen-bond acceptors (Lipinski definition) is 2. The molecule has 0 bridgehead atoms. The zero-order valence-corrected chi connectivity index (χ0v) is 9.75. The van der Waals surface area contributed by atoms with Crippen molar-refractivity contribution in [1.82, 2.24) is 0 Å². The second-order valence-corrected chi connectivity index (χ2v) is 3.78. The molecule has 0 atom stereocenters. The van der Waals surface area contributed by atoms with Gasteiger partial charge in [-0.25, -0.2) is 0 Å². The molecule has 0 aliphatic rings. The van der Waals surface area contributed by atoms with E-state index < -0.39 is 0 Å². The predicted octanol–water partition coefficient (Wildman–Crippen LogP) is 3.46. The quantitative estimate of drug-likeness (QED) is 0.430. The highest BCUT2D eigenvalue weighted by Crippen LogP contribution is 1.99. The fourth-order valence-corrected chi connectivity index (χ4v) is 0.557. The van der Waals surface area contributed by atoms with E-state index in [4.69, 9.17) is 4.74 Å². The average Bonchev–Trinajstić information content (AvgIpc) is 1.87. The molecule has 0 heterocycles.